The highest BCUT2D eigenvalue weighted by Crippen LogP contribution is 2.24. The maximum atomic E-state index is 13.7. The molecule has 1 N–H and O–H groups in total. The van der Waals surface area contributed by atoms with Crippen LogP contribution in [0.2, 0.25) is 0 Å². The van der Waals surface area contributed by atoms with E-state index >= 15 is 0 Å². The molecule has 130 valence electrons. The normalized spacial score (nSPS) is 15.6. The Labute approximate surface area is 143 Å². The van der Waals surface area contributed by atoms with Crippen LogP contribution in [0, 0.1) is 12.7 Å². The van der Waals surface area contributed by atoms with Gasteiger partial charge in [-0.25, -0.2) is 9.37 Å². The fraction of sp³-hybridized carbons (Fsp3) is 0.412. The van der Waals surface area contributed by atoms with Crippen LogP contribution in [0.3, 0.4) is 0 Å². The lowest BCUT2D eigenvalue weighted by Gasteiger charge is -2.18. The molecule has 1 aliphatic heterocycles. The van der Waals surface area contributed by atoms with Crippen molar-refractivity contribution in [1.29, 1.82) is 0 Å². The summed E-state index contributed by atoms with van der Waals surface area (Å²) < 4.78 is 24.3. The van der Waals surface area contributed by atoms with Crippen molar-refractivity contribution in [3.8, 4) is 11.4 Å². The summed E-state index contributed by atoms with van der Waals surface area (Å²) in [5.41, 5.74) is 1.16. The third-order valence-corrected chi connectivity index (χ3v) is 4.35. The number of aryl methyl sites for hydroxylation is 1. The molecular weight excluding hydrogens is 325 g/mol. The highest BCUT2D eigenvalue weighted by atomic mass is 19.1. The third-order valence-electron chi connectivity index (χ3n) is 4.35. The number of hydrogen-bond donors (Lipinski definition) is 1. The number of benzene rings is 1. The van der Waals surface area contributed by atoms with Gasteiger partial charge in [0.15, 0.2) is 5.82 Å². The second-order valence-electron chi connectivity index (χ2n) is 6.18. The zero-order valence-corrected chi connectivity index (χ0v) is 13.8. The zero-order chi connectivity index (χ0) is 17.2. The number of ether oxygens (including phenoxy) is 1. The fourth-order valence-electron chi connectivity index (χ4n) is 2.85. The molecule has 3 heterocycles. The molecule has 0 saturated carbocycles. The number of hydrogen-bond acceptors (Lipinski definition) is 6. The first-order chi connectivity index (χ1) is 12.2. The number of H-pyrrole nitrogens is 1. The minimum atomic E-state index is -0.291. The summed E-state index contributed by atoms with van der Waals surface area (Å²) >= 11 is 0. The van der Waals surface area contributed by atoms with Gasteiger partial charge in [0.25, 0.3) is 0 Å². The number of nitrogens with zero attached hydrogens (tertiary/aromatic N) is 4. The molecule has 4 rings (SSSR count). The van der Waals surface area contributed by atoms with Crippen LogP contribution in [0.15, 0.2) is 22.7 Å². The molecule has 1 fully saturated rings. The van der Waals surface area contributed by atoms with Crippen molar-refractivity contribution < 1.29 is 13.7 Å². The second-order valence-corrected chi connectivity index (χ2v) is 6.18. The second kappa shape index (κ2) is 6.72. The predicted molar refractivity (Wildman–Crippen MR) is 86.4 cm³/mol. The van der Waals surface area contributed by atoms with E-state index in [0.29, 0.717) is 41.0 Å². The average molecular weight is 343 g/mol. The van der Waals surface area contributed by atoms with E-state index in [1.165, 1.54) is 6.07 Å². The van der Waals surface area contributed by atoms with Gasteiger partial charge in [-0.05, 0) is 31.4 Å². The molecular formula is C17H18FN5O2. The Hall–Kier alpha value is -2.61. The summed E-state index contributed by atoms with van der Waals surface area (Å²) in [5, 5.41) is 11.1. The highest BCUT2D eigenvalue weighted by molar-refractivity contribution is 5.54. The highest BCUT2D eigenvalue weighted by Gasteiger charge is 2.21. The van der Waals surface area contributed by atoms with Crippen LogP contribution in [-0.2, 0) is 11.2 Å². The number of aromatic amines is 1. The molecule has 0 unspecified atom stereocenters. The summed E-state index contributed by atoms with van der Waals surface area (Å²) in [6.45, 7) is 3.20. The lowest BCUT2D eigenvalue weighted by molar-refractivity contribution is 0.0836. The number of rotatable bonds is 4. The van der Waals surface area contributed by atoms with Crippen molar-refractivity contribution in [3.05, 3.63) is 47.1 Å². The van der Waals surface area contributed by atoms with E-state index < -0.39 is 0 Å². The van der Waals surface area contributed by atoms with Crippen LogP contribution in [0.1, 0.15) is 41.9 Å². The van der Waals surface area contributed by atoms with E-state index in [1.54, 1.807) is 19.1 Å². The Morgan fingerprint density at radius 2 is 2.08 bits per heavy atom. The Kier molecular flexibility index (Phi) is 4.27. The monoisotopic (exact) mass is 343 g/mol. The molecule has 1 saturated heterocycles. The van der Waals surface area contributed by atoms with Crippen molar-refractivity contribution in [3.63, 3.8) is 0 Å². The number of nitrogens with one attached hydrogen (secondary N) is 1. The summed E-state index contributed by atoms with van der Waals surface area (Å²) in [7, 11) is 0. The SMILES string of the molecule is Cc1ccc(-c2noc(Cc3nc(C4CCOCC4)n[nH]3)n2)cc1F. The Balaban J connectivity index is 1.47. The molecule has 0 atom stereocenters. The maximum Gasteiger partial charge on any atom is 0.234 e. The van der Waals surface area contributed by atoms with Crippen molar-refractivity contribution in [2.75, 3.05) is 13.2 Å². The Bertz CT molecular complexity index is 870. The molecule has 3 aromatic rings. The molecule has 7 nitrogen and oxygen atoms in total. The van der Waals surface area contributed by atoms with Crippen molar-refractivity contribution in [2.45, 2.75) is 32.1 Å². The van der Waals surface area contributed by atoms with E-state index in [2.05, 4.69) is 25.3 Å². The summed E-state index contributed by atoms with van der Waals surface area (Å²) in [6, 6.07) is 4.86. The van der Waals surface area contributed by atoms with E-state index in [0.717, 1.165) is 31.9 Å². The lowest BCUT2D eigenvalue weighted by atomic mass is 10.00. The Morgan fingerprint density at radius 3 is 2.88 bits per heavy atom. The molecule has 1 aromatic carbocycles. The van der Waals surface area contributed by atoms with E-state index in [-0.39, 0.29) is 5.82 Å². The first-order valence-corrected chi connectivity index (χ1v) is 8.27. The number of aromatic nitrogens is 5. The van der Waals surface area contributed by atoms with Gasteiger partial charge in [-0.15, -0.1) is 0 Å². The largest absolute Gasteiger partial charge is 0.381 e. The van der Waals surface area contributed by atoms with Gasteiger partial charge in [0.2, 0.25) is 11.7 Å². The zero-order valence-electron chi connectivity index (χ0n) is 13.8. The quantitative estimate of drug-likeness (QED) is 0.783. The summed E-state index contributed by atoms with van der Waals surface area (Å²) in [4.78, 5) is 8.84. The molecule has 0 bridgehead atoms. The topological polar surface area (TPSA) is 89.7 Å². The van der Waals surface area contributed by atoms with Crippen LogP contribution < -0.4 is 0 Å². The van der Waals surface area contributed by atoms with Gasteiger partial charge in [0.1, 0.15) is 11.6 Å². The van der Waals surface area contributed by atoms with Crippen molar-refractivity contribution in [2.24, 2.45) is 0 Å². The van der Waals surface area contributed by atoms with Gasteiger partial charge in [-0.1, -0.05) is 17.3 Å². The summed E-state index contributed by atoms with van der Waals surface area (Å²) in [5.74, 6) is 2.28. The van der Waals surface area contributed by atoms with Crippen LogP contribution in [0.4, 0.5) is 4.39 Å². The standard InChI is InChI=1S/C17H18FN5O2/c1-10-2-3-12(8-13(10)18)17-20-15(25-23-17)9-14-19-16(22-21-14)11-4-6-24-7-5-11/h2-3,8,11H,4-7,9H2,1H3,(H,19,21,22). The van der Waals surface area contributed by atoms with E-state index in [9.17, 15) is 4.39 Å². The van der Waals surface area contributed by atoms with Gasteiger partial charge in [0.05, 0.1) is 6.42 Å². The minimum Gasteiger partial charge on any atom is -0.381 e. The number of halogens is 1. The van der Waals surface area contributed by atoms with Gasteiger partial charge >= 0.3 is 0 Å². The molecule has 8 heteroatoms. The molecule has 0 radical (unpaired) electrons. The first-order valence-electron chi connectivity index (χ1n) is 8.27. The minimum absolute atomic E-state index is 0.291. The lowest BCUT2D eigenvalue weighted by Crippen LogP contribution is -2.15. The van der Waals surface area contributed by atoms with E-state index in [1.807, 2.05) is 0 Å². The van der Waals surface area contributed by atoms with Gasteiger partial charge in [-0.2, -0.15) is 10.1 Å². The van der Waals surface area contributed by atoms with Gasteiger partial charge in [0, 0.05) is 24.7 Å². The first kappa shape index (κ1) is 15.9. The van der Waals surface area contributed by atoms with Crippen molar-refractivity contribution >= 4 is 0 Å². The van der Waals surface area contributed by atoms with Gasteiger partial charge < -0.3 is 9.26 Å². The van der Waals surface area contributed by atoms with E-state index in [4.69, 9.17) is 9.26 Å². The maximum absolute atomic E-state index is 13.7. The fourth-order valence-corrected chi connectivity index (χ4v) is 2.85. The third kappa shape index (κ3) is 3.43. The van der Waals surface area contributed by atoms with Crippen LogP contribution in [0.25, 0.3) is 11.4 Å². The van der Waals surface area contributed by atoms with Crippen LogP contribution in [0.5, 0.6) is 0 Å². The summed E-state index contributed by atoms with van der Waals surface area (Å²) in [6.07, 6.45) is 2.22. The van der Waals surface area contributed by atoms with Crippen LogP contribution >= 0.6 is 0 Å². The molecule has 2 aromatic heterocycles. The van der Waals surface area contributed by atoms with Gasteiger partial charge in [-0.3, -0.25) is 5.10 Å². The molecule has 0 spiro atoms. The predicted octanol–water partition coefficient (Wildman–Crippen LogP) is 2.79. The molecule has 25 heavy (non-hydrogen) atoms. The Morgan fingerprint density at radius 1 is 1.24 bits per heavy atom. The van der Waals surface area contributed by atoms with Crippen molar-refractivity contribution in [1.82, 2.24) is 25.3 Å². The average Bonchev–Trinajstić information content (AvgIpc) is 3.28. The molecule has 0 aliphatic carbocycles. The molecule has 1 aliphatic rings. The molecule has 0 amide bonds. The smallest absolute Gasteiger partial charge is 0.234 e. The van der Waals surface area contributed by atoms with Crippen LogP contribution in [-0.4, -0.2) is 38.5 Å².